The Morgan fingerprint density at radius 2 is 2.33 bits per heavy atom. The van der Waals surface area contributed by atoms with Crippen LogP contribution in [0.1, 0.15) is 10.4 Å². The van der Waals surface area contributed by atoms with Crippen LogP contribution in [0, 0.1) is 0 Å². The largest absolute Gasteiger partial charge is 0.366 e. The summed E-state index contributed by atoms with van der Waals surface area (Å²) in [6, 6.07) is 3.27. The lowest BCUT2D eigenvalue weighted by Crippen LogP contribution is -2.17. The van der Waals surface area contributed by atoms with Crippen molar-refractivity contribution in [1.29, 1.82) is 0 Å². The van der Waals surface area contributed by atoms with E-state index in [2.05, 4.69) is 15.8 Å². The van der Waals surface area contributed by atoms with Crippen molar-refractivity contribution >= 4 is 11.7 Å². The lowest BCUT2D eigenvalue weighted by molar-refractivity contribution is 0.1000. The molecule has 0 aliphatic rings. The van der Waals surface area contributed by atoms with E-state index in [1.807, 2.05) is 0 Å². The number of carbonyl (C=O) groups is 1. The fourth-order valence-corrected chi connectivity index (χ4v) is 0.742. The Kier molecular flexibility index (Phi) is 2.60. The summed E-state index contributed by atoms with van der Waals surface area (Å²) in [6.07, 6.45) is 1.42. The number of aromatic nitrogens is 1. The van der Waals surface area contributed by atoms with Gasteiger partial charge in [0.05, 0.1) is 5.56 Å². The standard InChI is InChI=1S/C7H10N4O/c1-9-11-6-3-2-5(4-10-6)7(8)12/h2-4,9H,1H3,(H2,8,12)(H,10,11). The molecule has 0 aromatic carbocycles. The van der Waals surface area contributed by atoms with Gasteiger partial charge in [0, 0.05) is 13.2 Å². The summed E-state index contributed by atoms with van der Waals surface area (Å²) in [6.45, 7) is 0. The van der Waals surface area contributed by atoms with Crippen LogP contribution >= 0.6 is 0 Å². The third-order valence-electron chi connectivity index (χ3n) is 1.30. The maximum absolute atomic E-state index is 10.6. The summed E-state index contributed by atoms with van der Waals surface area (Å²) in [7, 11) is 1.73. The maximum atomic E-state index is 10.6. The predicted molar refractivity (Wildman–Crippen MR) is 45.4 cm³/mol. The zero-order valence-electron chi connectivity index (χ0n) is 6.66. The van der Waals surface area contributed by atoms with Crippen molar-refractivity contribution < 1.29 is 4.79 Å². The van der Waals surface area contributed by atoms with Crippen LogP contribution in [0.3, 0.4) is 0 Å². The zero-order valence-corrected chi connectivity index (χ0v) is 6.66. The quantitative estimate of drug-likeness (QED) is 0.540. The molecule has 0 aliphatic heterocycles. The SMILES string of the molecule is CNNc1ccc(C(N)=O)cn1. The fourth-order valence-electron chi connectivity index (χ4n) is 0.742. The van der Waals surface area contributed by atoms with E-state index >= 15 is 0 Å². The highest BCUT2D eigenvalue weighted by molar-refractivity contribution is 5.92. The van der Waals surface area contributed by atoms with Gasteiger partial charge < -0.3 is 11.2 Å². The van der Waals surface area contributed by atoms with E-state index in [4.69, 9.17) is 5.73 Å². The Hall–Kier alpha value is -1.62. The summed E-state index contributed by atoms with van der Waals surface area (Å²) in [5, 5.41) is 0. The molecular weight excluding hydrogens is 156 g/mol. The average molecular weight is 166 g/mol. The number of pyridine rings is 1. The van der Waals surface area contributed by atoms with Crippen molar-refractivity contribution in [3.8, 4) is 0 Å². The smallest absolute Gasteiger partial charge is 0.250 e. The molecule has 0 spiro atoms. The molecule has 64 valence electrons. The van der Waals surface area contributed by atoms with Gasteiger partial charge in [-0.15, -0.1) is 0 Å². The minimum absolute atomic E-state index is 0.400. The highest BCUT2D eigenvalue weighted by atomic mass is 16.1. The number of nitrogens with two attached hydrogens (primary N) is 1. The van der Waals surface area contributed by atoms with Crippen LogP contribution in [0.4, 0.5) is 5.82 Å². The molecule has 0 radical (unpaired) electrons. The van der Waals surface area contributed by atoms with Crippen LogP contribution in [0.5, 0.6) is 0 Å². The first-order chi connectivity index (χ1) is 5.74. The molecule has 1 amide bonds. The fraction of sp³-hybridized carbons (Fsp3) is 0.143. The number of hydrazine groups is 1. The van der Waals surface area contributed by atoms with Gasteiger partial charge in [-0.2, -0.15) is 0 Å². The Balaban J connectivity index is 2.78. The summed E-state index contributed by atoms with van der Waals surface area (Å²) in [5.41, 5.74) is 10.9. The number of primary amides is 1. The second-order valence-corrected chi connectivity index (χ2v) is 2.17. The molecule has 0 atom stereocenters. The molecule has 1 rings (SSSR count). The molecule has 12 heavy (non-hydrogen) atoms. The molecule has 5 nitrogen and oxygen atoms in total. The molecule has 4 N–H and O–H groups in total. The Morgan fingerprint density at radius 3 is 2.75 bits per heavy atom. The third kappa shape index (κ3) is 1.93. The topological polar surface area (TPSA) is 80.0 Å². The maximum Gasteiger partial charge on any atom is 0.250 e. The number of nitrogens with zero attached hydrogens (tertiary/aromatic N) is 1. The summed E-state index contributed by atoms with van der Waals surface area (Å²) in [4.78, 5) is 14.5. The number of nitrogens with one attached hydrogen (secondary N) is 2. The zero-order chi connectivity index (χ0) is 8.97. The first-order valence-electron chi connectivity index (χ1n) is 3.42. The monoisotopic (exact) mass is 166 g/mol. The minimum atomic E-state index is -0.474. The number of hydrogen-bond donors (Lipinski definition) is 3. The van der Waals surface area contributed by atoms with Crippen LogP contribution < -0.4 is 16.6 Å². The molecule has 0 aliphatic carbocycles. The lowest BCUT2D eigenvalue weighted by atomic mass is 10.3. The van der Waals surface area contributed by atoms with Crippen LogP contribution in [0.2, 0.25) is 0 Å². The van der Waals surface area contributed by atoms with Gasteiger partial charge in [0.1, 0.15) is 5.82 Å². The highest BCUT2D eigenvalue weighted by Gasteiger charge is 1.99. The van der Waals surface area contributed by atoms with Crippen LogP contribution in [-0.2, 0) is 0 Å². The van der Waals surface area contributed by atoms with Gasteiger partial charge >= 0.3 is 0 Å². The first-order valence-corrected chi connectivity index (χ1v) is 3.42. The summed E-state index contributed by atoms with van der Waals surface area (Å²) < 4.78 is 0. The Bertz CT molecular complexity index is 269. The molecule has 0 bridgehead atoms. The second-order valence-electron chi connectivity index (χ2n) is 2.17. The van der Waals surface area contributed by atoms with E-state index in [-0.39, 0.29) is 0 Å². The lowest BCUT2D eigenvalue weighted by Gasteiger charge is -2.02. The van der Waals surface area contributed by atoms with Crippen LogP contribution in [0.25, 0.3) is 0 Å². The molecule has 1 aromatic heterocycles. The molecule has 1 aromatic rings. The molecular formula is C7H10N4O. The number of carbonyl (C=O) groups excluding carboxylic acids is 1. The van der Waals surface area contributed by atoms with E-state index in [1.165, 1.54) is 6.20 Å². The van der Waals surface area contributed by atoms with Crippen LogP contribution in [0.15, 0.2) is 18.3 Å². The highest BCUT2D eigenvalue weighted by Crippen LogP contribution is 2.02. The van der Waals surface area contributed by atoms with E-state index in [0.717, 1.165) is 0 Å². The van der Waals surface area contributed by atoms with Gasteiger partial charge in [-0.05, 0) is 12.1 Å². The molecule has 0 unspecified atom stereocenters. The van der Waals surface area contributed by atoms with Gasteiger partial charge in [-0.1, -0.05) is 0 Å². The van der Waals surface area contributed by atoms with Gasteiger partial charge in [0.15, 0.2) is 0 Å². The molecule has 0 fully saturated rings. The van der Waals surface area contributed by atoms with Crippen molar-refractivity contribution in [2.45, 2.75) is 0 Å². The molecule has 5 heteroatoms. The van der Waals surface area contributed by atoms with Gasteiger partial charge in [-0.3, -0.25) is 4.79 Å². The van der Waals surface area contributed by atoms with E-state index < -0.39 is 5.91 Å². The van der Waals surface area contributed by atoms with E-state index in [1.54, 1.807) is 19.2 Å². The van der Waals surface area contributed by atoms with Crippen molar-refractivity contribution in [1.82, 2.24) is 10.4 Å². The first kappa shape index (κ1) is 8.48. The normalized spacial score (nSPS) is 9.42. The van der Waals surface area contributed by atoms with Crippen molar-refractivity contribution in [3.63, 3.8) is 0 Å². The summed E-state index contributed by atoms with van der Waals surface area (Å²) >= 11 is 0. The molecule has 0 saturated carbocycles. The minimum Gasteiger partial charge on any atom is -0.366 e. The van der Waals surface area contributed by atoms with Gasteiger partial charge in [0.25, 0.3) is 0 Å². The van der Waals surface area contributed by atoms with Crippen LogP contribution in [-0.4, -0.2) is 17.9 Å². The number of rotatable bonds is 3. The van der Waals surface area contributed by atoms with E-state index in [9.17, 15) is 4.79 Å². The Morgan fingerprint density at radius 1 is 1.58 bits per heavy atom. The number of anilines is 1. The van der Waals surface area contributed by atoms with E-state index in [0.29, 0.717) is 11.4 Å². The average Bonchev–Trinajstić information content (AvgIpc) is 2.06. The number of amides is 1. The summed E-state index contributed by atoms with van der Waals surface area (Å²) in [5.74, 6) is 0.168. The Labute approximate surface area is 70.0 Å². The van der Waals surface area contributed by atoms with Crippen molar-refractivity contribution in [3.05, 3.63) is 23.9 Å². The van der Waals surface area contributed by atoms with Crippen molar-refractivity contribution in [2.75, 3.05) is 12.5 Å². The third-order valence-corrected chi connectivity index (χ3v) is 1.30. The number of hydrogen-bond acceptors (Lipinski definition) is 4. The van der Waals surface area contributed by atoms with Crippen molar-refractivity contribution in [2.24, 2.45) is 5.73 Å². The van der Waals surface area contributed by atoms with Gasteiger partial charge in [-0.25, -0.2) is 10.4 Å². The molecule has 0 saturated heterocycles. The molecule has 1 heterocycles. The van der Waals surface area contributed by atoms with Gasteiger partial charge in [0.2, 0.25) is 5.91 Å². The second kappa shape index (κ2) is 3.68. The predicted octanol–water partition coefficient (Wildman–Crippen LogP) is -0.273.